The van der Waals surface area contributed by atoms with Crippen LogP contribution in [0.4, 0.5) is 4.39 Å². The molecule has 29 heavy (non-hydrogen) atoms. The zero-order chi connectivity index (χ0) is 21.4. The van der Waals surface area contributed by atoms with Crippen LogP contribution in [-0.4, -0.2) is 33.5 Å². The fourth-order valence-electron chi connectivity index (χ4n) is 2.58. The second-order valence-corrected chi connectivity index (χ2v) is 8.79. The van der Waals surface area contributed by atoms with Crippen molar-refractivity contribution in [3.05, 3.63) is 59.9 Å². The molecule has 0 radical (unpaired) electrons. The van der Waals surface area contributed by atoms with E-state index in [0.717, 1.165) is 5.56 Å². The number of sulfonamides is 1. The van der Waals surface area contributed by atoms with E-state index in [1.54, 1.807) is 38.1 Å². The first kappa shape index (κ1) is 22.8. The Bertz CT molecular complexity index is 915. The minimum absolute atomic E-state index is 0.111. The van der Waals surface area contributed by atoms with Crippen LogP contribution in [0.2, 0.25) is 0 Å². The van der Waals surface area contributed by atoms with Gasteiger partial charge >= 0.3 is 0 Å². The average molecular weight is 423 g/mol. The number of ether oxygens (including phenoxy) is 1. The predicted molar refractivity (Wildman–Crippen MR) is 110 cm³/mol. The summed E-state index contributed by atoms with van der Waals surface area (Å²) >= 11 is 0. The molecule has 0 aromatic heterocycles. The van der Waals surface area contributed by atoms with Crippen LogP contribution >= 0.6 is 0 Å². The van der Waals surface area contributed by atoms with Gasteiger partial charge in [-0.25, -0.2) is 12.8 Å². The maximum absolute atomic E-state index is 13.5. The molecule has 0 spiro atoms. The highest BCUT2D eigenvalue weighted by Gasteiger charge is 2.28. The molecule has 0 aliphatic heterocycles. The number of hydrogen-bond acceptors (Lipinski definition) is 4. The molecule has 8 heteroatoms. The quantitative estimate of drug-likeness (QED) is 0.577. The van der Waals surface area contributed by atoms with Crippen LogP contribution in [0.5, 0.6) is 5.75 Å². The minimum Gasteiger partial charge on any atom is -0.490 e. The predicted octanol–water partition coefficient (Wildman–Crippen LogP) is 3.02. The lowest BCUT2D eigenvalue weighted by Crippen LogP contribution is -2.49. The molecule has 6 nitrogen and oxygen atoms in total. The third-order valence-electron chi connectivity index (χ3n) is 4.28. The van der Waals surface area contributed by atoms with Gasteiger partial charge in [0.2, 0.25) is 15.9 Å². The van der Waals surface area contributed by atoms with E-state index in [4.69, 9.17) is 4.74 Å². The van der Waals surface area contributed by atoms with Crippen LogP contribution in [0.15, 0.2) is 53.4 Å². The molecule has 2 aromatic carbocycles. The van der Waals surface area contributed by atoms with Gasteiger partial charge in [0.1, 0.15) is 6.04 Å². The van der Waals surface area contributed by atoms with E-state index in [1.807, 2.05) is 6.92 Å². The van der Waals surface area contributed by atoms with Gasteiger partial charge in [0.25, 0.3) is 0 Å². The van der Waals surface area contributed by atoms with Crippen molar-refractivity contribution in [1.82, 2.24) is 10.0 Å². The third-order valence-corrected chi connectivity index (χ3v) is 5.73. The van der Waals surface area contributed by atoms with Gasteiger partial charge in [-0.3, -0.25) is 4.79 Å². The normalized spacial score (nSPS) is 12.6. The summed E-state index contributed by atoms with van der Waals surface area (Å²) in [6.07, 6.45) is 0.454. The highest BCUT2D eigenvalue weighted by Crippen LogP contribution is 2.15. The Labute approximate surface area is 171 Å². The molecule has 0 heterocycles. The first-order valence-corrected chi connectivity index (χ1v) is 10.9. The van der Waals surface area contributed by atoms with Gasteiger partial charge in [0, 0.05) is 6.54 Å². The first-order chi connectivity index (χ1) is 13.7. The number of rotatable bonds is 10. The zero-order valence-corrected chi connectivity index (χ0v) is 17.6. The number of hydrogen-bond donors (Lipinski definition) is 2. The second kappa shape index (κ2) is 10.4. The van der Waals surface area contributed by atoms with E-state index < -0.39 is 27.8 Å². The molecule has 1 unspecified atom stereocenters. The highest BCUT2D eigenvalue weighted by atomic mass is 32.2. The number of nitrogens with one attached hydrogen (secondary N) is 2. The van der Waals surface area contributed by atoms with Crippen molar-refractivity contribution in [2.75, 3.05) is 13.2 Å². The lowest BCUT2D eigenvalue weighted by Gasteiger charge is -2.21. The Morgan fingerprint density at radius 1 is 1.10 bits per heavy atom. The molecule has 0 saturated heterocycles. The van der Waals surface area contributed by atoms with E-state index >= 15 is 0 Å². The van der Waals surface area contributed by atoms with Crippen LogP contribution in [0.25, 0.3) is 0 Å². The average Bonchev–Trinajstić information content (AvgIpc) is 2.67. The van der Waals surface area contributed by atoms with E-state index in [1.165, 1.54) is 24.3 Å². The SMILES string of the molecule is Cc1ccc(S(=O)(=O)NC(C(=O)NCCCOc2ccccc2F)C(C)C)cc1. The summed E-state index contributed by atoms with van der Waals surface area (Å²) < 4.78 is 46.5. The van der Waals surface area contributed by atoms with Gasteiger partial charge in [0.05, 0.1) is 11.5 Å². The number of aryl methyl sites for hydroxylation is 1. The van der Waals surface area contributed by atoms with E-state index in [-0.39, 0.29) is 29.7 Å². The van der Waals surface area contributed by atoms with Crippen molar-refractivity contribution < 1.29 is 22.3 Å². The van der Waals surface area contributed by atoms with Crippen molar-refractivity contribution in [2.45, 2.75) is 38.1 Å². The number of para-hydroxylation sites is 1. The second-order valence-electron chi connectivity index (χ2n) is 7.08. The Morgan fingerprint density at radius 3 is 2.38 bits per heavy atom. The standard InChI is InChI=1S/C21H27FN2O4S/c1-15(2)20(24-29(26,27)17-11-9-16(3)10-12-17)21(25)23-13-6-14-28-19-8-5-4-7-18(19)22/h4-5,7-12,15,20,24H,6,13-14H2,1-3H3,(H,23,25). The van der Waals surface area contributed by atoms with Crippen molar-refractivity contribution in [1.29, 1.82) is 0 Å². The van der Waals surface area contributed by atoms with Crippen molar-refractivity contribution in [2.24, 2.45) is 5.92 Å². The first-order valence-electron chi connectivity index (χ1n) is 9.45. The summed E-state index contributed by atoms with van der Waals surface area (Å²) in [4.78, 5) is 12.6. The molecule has 2 N–H and O–H groups in total. The maximum atomic E-state index is 13.5. The summed E-state index contributed by atoms with van der Waals surface area (Å²) in [5.41, 5.74) is 0.944. The van der Waals surface area contributed by atoms with Gasteiger partial charge in [-0.2, -0.15) is 4.72 Å². The molecule has 2 rings (SSSR count). The Morgan fingerprint density at radius 2 is 1.76 bits per heavy atom. The monoisotopic (exact) mass is 422 g/mol. The largest absolute Gasteiger partial charge is 0.490 e. The van der Waals surface area contributed by atoms with Gasteiger partial charge in [-0.1, -0.05) is 43.7 Å². The molecule has 0 aliphatic carbocycles. The topological polar surface area (TPSA) is 84.5 Å². The summed E-state index contributed by atoms with van der Waals surface area (Å²) in [6.45, 7) is 5.90. The van der Waals surface area contributed by atoms with Crippen LogP contribution in [0.1, 0.15) is 25.8 Å². The van der Waals surface area contributed by atoms with Crippen LogP contribution in [-0.2, 0) is 14.8 Å². The molecule has 0 aliphatic rings. The fraction of sp³-hybridized carbons (Fsp3) is 0.381. The summed E-state index contributed by atoms with van der Waals surface area (Å²) in [5, 5.41) is 2.71. The molecule has 2 aromatic rings. The van der Waals surface area contributed by atoms with Crippen LogP contribution in [0, 0.1) is 18.7 Å². The van der Waals surface area contributed by atoms with Crippen molar-refractivity contribution in [3.63, 3.8) is 0 Å². The number of carbonyl (C=O) groups excluding carboxylic acids is 1. The molecular weight excluding hydrogens is 395 g/mol. The molecule has 1 amide bonds. The zero-order valence-electron chi connectivity index (χ0n) is 16.8. The summed E-state index contributed by atoms with van der Waals surface area (Å²) in [5.74, 6) is -0.946. The van der Waals surface area contributed by atoms with Gasteiger partial charge < -0.3 is 10.1 Å². The van der Waals surface area contributed by atoms with Crippen molar-refractivity contribution >= 4 is 15.9 Å². The molecular formula is C21H27FN2O4S. The van der Waals surface area contributed by atoms with E-state index in [9.17, 15) is 17.6 Å². The van der Waals surface area contributed by atoms with Gasteiger partial charge in [-0.05, 0) is 43.5 Å². The summed E-state index contributed by atoms with van der Waals surface area (Å²) in [7, 11) is -3.82. The lowest BCUT2D eigenvalue weighted by atomic mass is 10.1. The summed E-state index contributed by atoms with van der Waals surface area (Å²) in [6, 6.07) is 11.6. The van der Waals surface area contributed by atoms with Crippen molar-refractivity contribution in [3.8, 4) is 5.75 Å². The Hall–Kier alpha value is -2.45. The maximum Gasteiger partial charge on any atom is 0.241 e. The molecule has 0 saturated carbocycles. The smallest absolute Gasteiger partial charge is 0.241 e. The Kier molecular flexibility index (Phi) is 8.16. The van der Waals surface area contributed by atoms with E-state index in [2.05, 4.69) is 10.0 Å². The lowest BCUT2D eigenvalue weighted by molar-refractivity contribution is -0.123. The molecule has 1 atom stereocenters. The minimum atomic E-state index is -3.82. The van der Waals surface area contributed by atoms with Gasteiger partial charge in [-0.15, -0.1) is 0 Å². The fourth-order valence-corrected chi connectivity index (χ4v) is 3.93. The van der Waals surface area contributed by atoms with Crippen LogP contribution in [0.3, 0.4) is 0 Å². The number of benzene rings is 2. The third kappa shape index (κ3) is 6.83. The number of amides is 1. The molecule has 0 bridgehead atoms. The number of carbonyl (C=O) groups is 1. The molecule has 158 valence electrons. The number of halogens is 1. The van der Waals surface area contributed by atoms with E-state index in [0.29, 0.717) is 6.42 Å². The highest BCUT2D eigenvalue weighted by molar-refractivity contribution is 7.89. The van der Waals surface area contributed by atoms with Gasteiger partial charge in [0.15, 0.2) is 11.6 Å². The Balaban J connectivity index is 1.87. The molecule has 0 fully saturated rings. The van der Waals surface area contributed by atoms with Crippen LogP contribution < -0.4 is 14.8 Å².